The van der Waals surface area contributed by atoms with Crippen molar-refractivity contribution in [2.75, 3.05) is 11.1 Å². The van der Waals surface area contributed by atoms with E-state index in [1.807, 2.05) is 30.3 Å². The summed E-state index contributed by atoms with van der Waals surface area (Å²) in [7, 11) is 0. The van der Waals surface area contributed by atoms with Gasteiger partial charge in [0.1, 0.15) is 11.2 Å². The molecule has 2 aromatic carbocycles. The molecule has 0 bridgehead atoms. The van der Waals surface area contributed by atoms with E-state index < -0.39 is 0 Å². The Morgan fingerprint density at radius 1 is 1.17 bits per heavy atom. The fraction of sp³-hybridized carbons (Fsp3) is 0.143. The van der Waals surface area contributed by atoms with E-state index >= 15 is 0 Å². The Balaban J connectivity index is 1.46. The maximum atomic E-state index is 13.2. The van der Waals surface area contributed by atoms with Crippen molar-refractivity contribution >= 4 is 34.4 Å². The number of para-hydroxylation sites is 1. The van der Waals surface area contributed by atoms with E-state index in [0.29, 0.717) is 27.6 Å². The van der Waals surface area contributed by atoms with Gasteiger partial charge in [0.15, 0.2) is 10.8 Å². The first-order chi connectivity index (χ1) is 14.6. The lowest BCUT2D eigenvalue weighted by Gasteiger charge is -2.13. The van der Waals surface area contributed by atoms with Gasteiger partial charge in [-0.15, -0.1) is 0 Å². The minimum Gasteiger partial charge on any atom is -0.326 e. The molecule has 0 spiro atoms. The van der Waals surface area contributed by atoms with Gasteiger partial charge in [-0.2, -0.15) is 5.10 Å². The SMILES string of the molecule is O=C(CC1CSc2nc3c(cnn3-c3ccc(F)cc3)c(=O)n21)Nc1ccccc1. The number of nitrogens with one attached hydrogen (secondary N) is 1. The van der Waals surface area contributed by atoms with Crippen LogP contribution in [0.2, 0.25) is 0 Å². The number of fused-ring (bicyclic) bond motifs is 2. The second-order valence-electron chi connectivity index (χ2n) is 6.92. The van der Waals surface area contributed by atoms with Crippen molar-refractivity contribution in [1.29, 1.82) is 0 Å². The van der Waals surface area contributed by atoms with E-state index in [0.717, 1.165) is 5.69 Å². The average Bonchev–Trinajstić information content (AvgIpc) is 3.34. The van der Waals surface area contributed by atoms with Gasteiger partial charge in [-0.3, -0.25) is 14.2 Å². The summed E-state index contributed by atoms with van der Waals surface area (Å²) in [4.78, 5) is 30.2. The Morgan fingerprint density at radius 3 is 2.70 bits per heavy atom. The Kier molecular flexibility index (Phi) is 4.59. The van der Waals surface area contributed by atoms with Crippen LogP contribution < -0.4 is 10.9 Å². The molecular weight excluding hydrogens is 405 g/mol. The molecule has 5 rings (SSSR count). The zero-order chi connectivity index (χ0) is 20.7. The van der Waals surface area contributed by atoms with Crippen LogP contribution in [0.3, 0.4) is 0 Å². The third-order valence-corrected chi connectivity index (χ3v) is 6.02. The minimum absolute atomic E-state index is 0.159. The topological polar surface area (TPSA) is 81.8 Å². The van der Waals surface area contributed by atoms with Crippen molar-refractivity contribution < 1.29 is 9.18 Å². The first-order valence-corrected chi connectivity index (χ1v) is 10.3. The molecule has 1 amide bonds. The van der Waals surface area contributed by atoms with Crippen LogP contribution in [-0.4, -0.2) is 31.0 Å². The van der Waals surface area contributed by atoms with Crippen LogP contribution >= 0.6 is 11.8 Å². The molecule has 1 aliphatic heterocycles. The first-order valence-electron chi connectivity index (χ1n) is 9.34. The van der Waals surface area contributed by atoms with Gasteiger partial charge >= 0.3 is 0 Å². The van der Waals surface area contributed by atoms with Gasteiger partial charge in [-0.25, -0.2) is 14.1 Å². The summed E-state index contributed by atoms with van der Waals surface area (Å²) in [6.07, 6.45) is 1.64. The number of thioether (sulfide) groups is 1. The number of benzene rings is 2. The van der Waals surface area contributed by atoms with Crippen LogP contribution in [-0.2, 0) is 4.79 Å². The van der Waals surface area contributed by atoms with E-state index in [1.165, 1.54) is 34.8 Å². The lowest BCUT2D eigenvalue weighted by atomic mass is 10.2. The number of nitrogens with zero attached hydrogens (tertiary/aromatic N) is 4. The second kappa shape index (κ2) is 7.42. The number of hydrogen-bond donors (Lipinski definition) is 1. The molecule has 0 saturated carbocycles. The van der Waals surface area contributed by atoms with Crippen molar-refractivity contribution in [3.05, 3.63) is 77.0 Å². The van der Waals surface area contributed by atoms with Crippen LogP contribution in [0.5, 0.6) is 0 Å². The maximum Gasteiger partial charge on any atom is 0.265 e. The minimum atomic E-state index is -0.351. The summed E-state index contributed by atoms with van der Waals surface area (Å²) < 4.78 is 16.3. The highest BCUT2D eigenvalue weighted by Gasteiger charge is 2.29. The highest BCUT2D eigenvalue weighted by molar-refractivity contribution is 7.99. The molecule has 0 radical (unpaired) electrons. The number of amides is 1. The van der Waals surface area contributed by atoms with Crippen LogP contribution in [0.15, 0.2) is 70.7 Å². The molecule has 0 aliphatic carbocycles. The predicted octanol–water partition coefficient (Wildman–Crippen LogP) is 3.40. The van der Waals surface area contributed by atoms with Crippen molar-refractivity contribution in [2.24, 2.45) is 0 Å². The van der Waals surface area contributed by atoms with Crippen LogP contribution in [0, 0.1) is 5.82 Å². The van der Waals surface area contributed by atoms with Crippen LogP contribution in [0.25, 0.3) is 16.7 Å². The molecule has 4 aromatic rings. The summed E-state index contributed by atoms with van der Waals surface area (Å²) in [5, 5.41) is 8.03. The number of carbonyl (C=O) groups excluding carboxylic acids is 1. The lowest BCUT2D eigenvalue weighted by Crippen LogP contribution is -2.27. The zero-order valence-corrected chi connectivity index (χ0v) is 16.5. The molecule has 1 aliphatic rings. The number of rotatable bonds is 4. The third-order valence-electron chi connectivity index (χ3n) is 4.92. The predicted molar refractivity (Wildman–Crippen MR) is 113 cm³/mol. The van der Waals surface area contributed by atoms with E-state index in [-0.39, 0.29) is 29.7 Å². The van der Waals surface area contributed by atoms with Crippen LogP contribution in [0.4, 0.5) is 10.1 Å². The normalized spacial score (nSPS) is 15.3. The van der Waals surface area contributed by atoms with E-state index in [9.17, 15) is 14.0 Å². The zero-order valence-electron chi connectivity index (χ0n) is 15.7. The Morgan fingerprint density at radius 2 is 1.93 bits per heavy atom. The fourth-order valence-corrected chi connectivity index (χ4v) is 4.63. The molecule has 1 atom stereocenters. The average molecular weight is 421 g/mol. The quantitative estimate of drug-likeness (QED) is 0.511. The summed E-state index contributed by atoms with van der Waals surface area (Å²) in [6.45, 7) is 0. The van der Waals surface area contributed by atoms with Crippen molar-refractivity contribution in [1.82, 2.24) is 19.3 Å². The molecular formula is C21H16FN5O2S. The highest BCUT2D eigenvalue weighted by atomic mass is 32.2. The number of halogens is 1. The Bertz CT molecular complexity index is 1300. The summed E-state index contributed by atoms with van der Waals surface area (Å²) in [5.74, 6) is 0.0751. The molecule has 150 valence electrons. The van der Waals surface area contributed by atoms with Gasteiger partial charge in [-0.05, 0) is 36.4 Å². The lowest BCUT2D eigenvalue weighted by molar-refractivity contribution is -0.116. The first kappa shape index (κ1) is 18.6. The maximum absolute atomic E-state index is 13.2. The van der Waals surface area contributed by atoms with Gasteiger partial charge in [0.25, 0.3) is 5.56 Å². The Labute approximate surface area is 174 Å². The number of carbonyl (C=O) groups is 1. The summed E-state index contributed by atoms with van der Waals surface area (Å²) >= 11 is 1.43. The van der Waals surface area contributed by atoms with Crippen molar-refractivity contribution in [3.8, 4) is 5.69 Å². The molecule has 1 unspecified atom stereocenters. The van der Waals surface area contributed by atoms with Gasteiger partial charge in [0.2, 0.25) is 5.91 Å². The van der Waals surface area contributed by atoms with Crippen LogP contribution in [0.1, 0.15) is 12.5 Å². The molecule has 0 fully saturated rings. The van der Waals surface area contributed by atoms with E-state index in [2.05, 4.69) is 15.4 Å². The largest absolute Gasteiger partial charge is 0.326 e. The molecule has 30 heavy (non-hydrogen) atoms. The third kappa shape index (κ3) is 3.26. The number of aromatic nitrogens is 4. The monoisotopic (exact) mass is 421 g/mol. The van der Waals surface area contributed by atoms with Gasteiger partial charge < -0.3 is 5.32 Å². The van der Waals surface area contributed by atoms with Crippen molar-refractivity contribution in [3.63, 3.8) is 0 Å². The molecule has 9 heteroatoms. The smallest absolute Gasteiger partial charge is 0.265 e. The molecule has 1 N–H and O–H groups in total. The van der Waals surface area contributed by atoms with E-state index in [1.54, 1.807) is 16.7 Å². The van der Waals surface area contributed by atoms with Gasteiger partial charge in [-0.1, -0.05) is 30.0 Å². The van der Waals surface area contributed by atoms with Gasteiger partial charge in [0, 0.05) is 17.9 Å². The Hall–Kier alpha value is -3.46. The van der Waals surface area contributed by atoms with Gasteiger partial charge in [0.05, 0.1) is 17.9 Å². The molecule has 0 saturated heterocycles. The van der Waals surface area contributed by atoms with E-state index in [4.69, 9.17) is 0 Å². The standard InChI is InChI=1S/C21H16FN5O2S/c22-13-6-8-15(9-7-13)27-19-17(11-23-27)20(29)26-16(12-30-21(26)25-19)10-18(28)24-14-4-2-1-3-5-14/h1-9,11,16H,10,12H2,(H,24,28). The summed E-state index contributed by atoms with van der Waals surface area (Å²) in [6, 6.07) is 14.7. The fourth-order valence-electron chi connectivity index (χ4n) is 3.50. The number of anilines is 1. The molecule has 3 heterocycles. The molecule has 7 nitrogen and oxygen atoms in total. The van der Waals surface area contributed by atoms with Crippen molar-refractivity contribution in [2.45, 2.75) is 17.6 Å². The molecule has 2 aromatic heterocycles. The second-order valence-corrected chi connectivity index (χ2v) is 7.91. The summed E-state index contributed by atoms with van der Waals surface area (Å²) in [5.41, 5.74) is 1.52. The number of hydrogen-bond acceptors (Lipinski definition) is 5. The highest BCUT2D eigenvalue weighted by Crippen LogP contribution is 2.33.